The molecule has 0 aromatic heterocycles. The molecule has 0 radical (unpaired) electrons. The Morgan fingerprint density at radius 1 is 1.25 bits per heavy atom. The summed E-state index contributed by atoms with van der Waals surface area (Å²) in [6.45, 7) is 0.706. The molecule has 1 unspecified atom stereocenters. The smallest absolute Gasteiger partial charge is 0.339 e. The Morgan fingerprint density at radius 2 is 2.00 bits per heavy atom. The standard InChI is InChI=1S/C18H17NO5/c20-16-8-15-13(7-14(16)18(22)23)12(6-17(21)19-15)10-24-9-11-4-2-1-3-5-11/h1-5,7-8,12,20H,6,9-10H2,(H,19,21)(H,22,23). The summed E-state index contributed by atoms with van der Waals surface area (Å²) in [5.74, 6) is -2.02. The molecule has 2 aromatic carbocycles. The first-order valence-corrected chi connectivity index (χ1v) is 7.56. The van der Waals surface area contributed by atoms with Gasteiger partial charge in [0.05, 0.1) is 13.2 Å². The number of aromatic carboxylic acids is 1. The Hall–Kier alpha value is -2.86. The van der Waals surface area contributed by atoms with Crippen LogP contribution in [0.1, 0.15) is 33.8 Å². The molecule has 24 heavy (non-hydrogen) atoms. The fraction of sp³-hybridized carbons (Fsp3) is 0.222. The monoisotopic (exact) mass is 327 g/mol. The summed E-state index contributed by atoms with van der Waals surface area (Å²) in [5, 5.41) is 21.6. The highest BCUT2D eigenvalue weighted by molar-refractivity contribution is 5.98. The van der Waals surface area contributed by atoms with Crippen molar-refractivity contribution in [1.29, 1.82) is 0 Å². The Balaban J connectivity index is 1.78. The maximum atomic E-state index is 11.8. The van der Waals surface area contributed by atoms with Crippen LogP contribution < -0.4 is 5.32 Å². The van der Waals surface area contributed by atoms with Crippen LogP contribution in [0.4, 0.5) is 5.69 Å². The predicted molar refractivity (Wildman–Crippen MR) is 87.2 cm³/mol. The van der Waals surface area contributed by atoms with Crippen LogP contribution in [0, 0.1) is 0 Å². The molecule has 0 saturated carbocycles. The van der Waals surface area contributed by atoms with Crippen LogP contribution in [-0.2, 0) is 16.1 Å². The summed E-state index contributed by atoms with van der Waals surface area (Å²) in [4.78, 5) is 23.0. The predicted octanol–water partition coefficient (Wildman–Crippen LogP) is 2.73. The van der Waals surface area contributed by atoms with E-state index in [1.165, 1.54) is 12.1 Å². The second-order valence-corrected chi connectivity index (χ2v) is 5.71. The van der Waals surface area contributed by atoms with E-state index in [2.05, 4.69) is 5.32 Å². The highest BCUT2D eigenvalue weighted by Crippen LogP contribution is 2.37. The number of amides is 1. The van der Waals surface area contributed by atoms with Crippen LogP contribution in [-0.4, -0.2) is 28.7 Å². The van der Waals surface area contributed by atoms with Gasteiger partial charge in [-0.1, -0.05) is 30.3 Å². The topological polar surface area (TPSA) is 95.9 Å². The normalized spacial score (nSPS) is 16.3. The molecule has 0 bridgehead atoms. The highest BCUT2D eigenvalue weighted by Gasteiger charge is 2.28. The number of ether oxygens (including phenoxy) is 1. The van der Waals surface area contributed by atoms with Gasteiger partial charge in [-0.05, 0) is 17.2 Å². The molecule has 0 fully saturated rings. The molecule has 0 spiro atoms. The molecule has 2 aromatic rings. The molecule has 1 heterocycles. The van der Waals surface area contributed by atoms with E-state index in [9.17, 15) is 14.7 Å². The number of carbonyl (C=O) groups is 2. The molecule has 1 aliphatic heterocycles. The first-order chi connectivity index (χ1) is 11.5. The van der Waals surface area contributed by atoms with Gasteiger partial charge in [-0.15, -0.1) is 0 Å². The number of aromatic hydroxyl groups is 1. The van der Waals surface area contributed by atoms with Crippen LogP contribution in [0.5, 0.6) is 5.75 Å². The molecule has 1 amide bonds. The molecule has 6 heteroatoms. The van der Waals surface area contributed by atoms with Crippen LogP contribution in [0.15, 0.2) is 42.5 Å². The molecule has 6 nitrogen and oxygen atoms in total. The van der Waals surface area contributed by atoms with Crippen LogP contribution in [0.3, 0.4) is 0 Å². The number of fused-ring (bicyclic) bond motifs is 1. The number of phenols is 1. The van der Waals surface area contributed by atoms with Crippen molar-refractivity contribution in [2.45, 2.75) is 18.9 Å². The van der Waals surface area contributed by atoms with E-state index < -0.39 is 5.97 Å². The van der Waals surface area contributed by atoms with E-state index in [0.29, 0.717) is 24.5 Å². The van der Waals surface area contributed by atoms with Crippen molar-refractivity contribution in [2.24, 2.45) is 0 Å². The molecule has 0 saturated heterocycles. The van der Waals surface area contributed by atoms with Gasteiger partial charge in [0.25, 0.3) is 0 Å². The van der Waals surface area contributed by atoms with Gasteiger partial charge in [0.15, 0.2) is 0 Å². The quantitative estimate of drug-likeness (QED) is 0.785. The zero-order valence-electron chi connectivity index (χ0n) is 12.9. The maximum absolute atomic E-state index is 11.8. The average Bonchev–Trinajstić information content (AvgIpc) is 2.54. The molecular weight excluding hydrogens is 310 g/mol. The molecule has 124 valence electrons. The van der Waals surface area contributed by atoms with Gasteiger partial charge in [-0.25, -0.2) is 4.79 Å². The third kappa shape index (κ3) is 3.38. The third-order valence-electron chi connectivity index (χ3n) is 3.97. The lowest BCUT2D eigenvalue weighted by molar-refractivity contribution is -0.117. The number of nitrogens with one attached hydrogen (secondary N) is 1. The number of hydrogen-bond acceptors (Lipinski definition) is 4. The molecule has 3 rings (SSSR count). The summed E-state index contributed by atoms with van der Waals surface area (Å²) in [6.07, 6.45) is 0.214. The maximum Gasteiger partial charge on any atom is 0.339 e. The summed E-state index contributed by atoms with van der Waals surface area (Å²) in [5.41, 5.74) is 1.94. The SMILES string of the molecule is O=C1CC(COCc2ccccc2)c2cc(C(=O)O)c(O)cc2N1. The number of carboxylic acids is 1. The second kappa shape index (κ2) is 6.72. The van der Waals surface area contributed by atoms with Gasteiger partial charge in [0.1, 0.15) is 11.3 Å². The number of rotatable bonds is 5. The van der Waals surface area contributed by atoms with Gasteiger partial charge < -0.3 is 20.3 Å². The van der Waals surface area contributed by atoms with Crippen molar-refractivity contribution in [1.82, 2.24) is 0 Å². The Morgan fingerprint density at radius 3 is 2.71 bits per heavy atom. The highest BCUT2D eigenvalue weighted by atomic mass is 16.5. The van der Waals surface area contributed by atoms with Gasteiger partial charge >= 0.3 is 5.97 Å². The van der Waals surface area contributed by atoms with E-state index in [4.69, 9.17) is 9.84 Å². The first kappa shape index (κ1) is 16.0. The first-order valence-electron chi connectivity index (χ1n) is 7.56. The van der Waals surface area contributed by atoms with E-state index in [1.54, 1.807) is 0 Å². The summed E-state index contributed by atoms with van der Waals surface area (Å²) in [7, 11) is 0. The number of carbonyl (C=O) groups excluding carboxylic acids is 1. The number of anilines is 1. The van der Waals surface area contributed by atoms with Crippen molar-refractivity contribution in [3.8, 4) is 5.75 Å². The zero-order valence-corrected chi connectivity index (χ0v) is 12.9. The fourth-order valence-electron chi connectivity index (χ4n) is 2.80. The van der Waals surface area contributed by atoms with Gasteiger partial charge in [-0.3, -0.25) is 4.79 Å². The van der Waals surface area contributed by atoms with Crippen molar-refractivity contribution in [3.63, 3.8) is 0 Å². The lowest BCUT2D eigenvalue weighted by atomic mass is 9.89. The minimum atomic E-state index is -1.21. The fourth-order valence-corrected chi connectivity index (χ4v) is 2.80. The van der Waals surface area contributed by atoms with E-state index in [-0.39, 0.29) is 29.6 Å². The van der Waals surface area contributed by atoms with Gasteiger partial charge in [0.2, 0.25) is 5.91 Å². The number of carboxylic acid groups (broad SMARTS) is 1. The summed E-state index contributed by atoms with van der Waals surface area (Å²) < 4.78 is 5.71. The van der Waals surface area contributed by atoms with Crippen molar-refractivity contribution < 1.29 is 24.5 Å². The van der Waals surface area contributed by atoms with Crippen molar-refractivity contribution in [3.05, 3.63) is 59.2 Å². The zero-order chi connectivity index (χ0) is 17.1. The third-order valence-corrected chi connectivity index (χ3v) is 3.97. The van der Waals surface area contributed by atoms with E-state index in [1.807, 2.05) is 30.3 Å². The van der Waals surface area contributed by atoms with E-state index in [0.717, 1.165) is 5.56 Å². The molecule has 1 atom stereocenters. The molecular formula is C18H17NO5. The van der Waals surface area contributed by atoms with Crippen LogP contribution in [0.25, 0.3) is 0 Å². The number of benzene rings is 2. The van der Waals surface area contributed by atoms with Gasteiger partial charge in [0, 0.05) is 24.1 Å². The van der Waals surface area contributed by atoms with Crippen molar-refractivity contribution >= 4 is 17.6 Å². The molecule has 1 aliphatic rings. The second-order valence-electron chi connectivity index (χ2n) is 5.71. The number of hydrogen-bond donors (Lipinski definition) is 3. The van der Waals surface area contributed by atoms with Crippen LogP contribution in [0.2, 0.25) is 0 Å². The lowest BCUT2D eigenvalue weighted by Crippen LogP contribution is -2.25. The Bertz CT molecular complexity index is 772. The molecule has 0 aliphatic carbocycles. The largest absolute Gasteiger partial charge is 0.507 e. The minimum Gasteiger partial charge on any atom is -0.507 e. The Labute approximate surface area is 138 Å². The van der Waals surface area contributed by atoms with E-state index >= 15 is 0 Å². The molecule has 3 N–H and O–H groups in total. The summed E-state index contributed by atoms with van der Waals surface area (Å²) in [6, 6.07) is 12.3. The Kier molecular flexibility index (Phi) is 4.48. The minimum absolute atomic E-state index is 0.182. The van der Waals surface area contributed by atoms with Crippen molar-refractivity contribution in [2.75, 3.05) is 11.9 Å². The lowest BCUT2D eigenvalue weighted by Gasteiger charge is -2.26. The summed E-state index contributed by atoms with van der Waals surface area (Å²) >= 11 is 0. The average molecular weight is 327 g/mol. The van der Waals surface area contributed by atoms with Crippen LogP contribution >= 0.6 is 0 Å². The van der Waals surface area contributed by atoms with Gasteiger partial charge in [-0.2, -0.15) is 0 Å².